The van der Waals surface area contributed by atoms with Crippen molar-refractivity contribution in [1.29, 1.82) is 0 Å². The summed E-state index contributed by atoms with van der Waals surface area (Å²) in [6.07, 6.45) is 2.79. The highest BCUT2D eigenvalue weighted by molar-refractivity contribution is 7.67. The van der Waals surface area contributed by atoms with Crippen molar-refractivity contribution in [2.24, 2.45) is 17.8 Å². The molecule has 0 unspecified atom stereocenters. The van der Waals surface area contributed by atoms with Gasteiger partial charge < -0.3 is 14.5 Å². The number of aliphatic hydroxyl groups excluding tert-OH is 1. The minimum absolute atomic E-state index is 0.196. The number of anilines is 1. The molecule has 0 aliphatic heterocycles. The fourth-order valence-corrected chi connectivity index (χ4v) is 7.46. The van der Waals surface area contributed by atoms with Gasteiger partial charge in [-0.25, -0.2) is 0 Å². The second kappa shape index (κ2) is 10.5. The Morgan fingerprint density at radius 2 is 1.75 bits per heavy atom. The first-order chi connectivity index (χ1) is 15.0. The normalized spacial score (nSPS) is 24.2. The first-order valence-electron chi connectivity index (χ1n) is 11.2. The van der Waals surface area contributed by atoms with Gasteiger partial charge in [-0.05, 0) is 67.0 Å². The van der Waals surface area contributed by atoms with Crippen molar-refractivity contribution in [3.63, 3.8) is 0 Å². The molecule has 1 fully saturated rings. The molecule has 7 heteroatoms. The van der Waals surface area contributed by atoms with Crippen molar-refractivity contribution >= 4 is 41.6 Å². The van der Waals surface area contributed by atoms with Crippen LogP contribution in [0.5, 0.6) is 0 Å². The molecule has 0 amide bonds. The lowest BCUT2D eigenvalue weighted by Crippen LogP contribution is -2.35. The second-order valence-electron chi connectivity index (χ2n) is 9.52. The molecular weight excluding hydrogens is 464 g/mol. The largest absolute Gasteiger partial charge is 0.378 e. The fourth-order valence-electron chi connectivity index (χ4n) is 4.55. The zero-order chi connectivity index (χ0) is 23.6. The van der Waals surface area contributed by atoms with E-state index < -0.39 is 13.2 Å². The van der Waals surface area contributed by atoms with Gasteiger partial charge in [-0.3, -0.25) is 4.57 Å². The van der Waals surface area contributed by atoms with Crippen molar-refractivity contribution in [3.8, 4) is 0 Å². The van der Waals surface area contributed by atoms with Crippen LogP contribution in [-0.2, 0) is 9.09 Å². The summed E-state index contributed by atoms with van der Waals surface area (Å²) >= 11 is 12.5. The maximum Gasteiger partial charge on any atom is 0.264 e. The van der Waals surface area contributed by atoms with Crippen LogP contribution in [0.3, 0.4) is 0 Å². The third-order valence-electron chi connectivity index (χ3n) is 6.54. The number of halogens is 2. The molecule has 176 valence electrons. The topological polar surface area (TPSA) is 49.8 Å². The quantitative estimate of drug-likeness (QED) is 0.413. The maximum absolute atomic E-state index is 14.6. The van der Waals surface area contributed by atoms with E-state index in [1.807, 2.05) is 31.1 Å². The molecule has 32 heavy (non-hydrogen) atoms. The molecular formula is C25H34Cl2NO3P. The third-order valence-corrected chi connectivity index (χ3v) is 9.63. The van der Waals surface area contributed by atoms with E-state index in [2.05, 4.69) is 20.8 Å². The highest BCUT2D eigenvalue weighted by Crippen LogP contribution is 2.61. The van der Waals surface area contributed by atoms with E-state index >= 15 is 0 Å². The maximum atomic E-state index is 14.6. The monoisotopic (exact) mass is 497 g/mol. The molecule has 0 radical (unpaired) electrons. The summed E-state index contributed by atoms with van der Waals surface area (Å²) < 4.78 is 21.1. The second-order valence-corrected chi connectivity index (χ2v) is 12.8. The van der Waals surface area contributed by atoms with Crippen molar-refractivity contribution < 1.29 is 14.2 Å². The number of benzene rings is 2. The molecule has 5 atom stereocenters. The lowest BCUT2D eigenvalue weighted by atomic mass is 9.75. The molecule has 1 aliphatic rings. The van der Waals surface area contributed by atoms with Crippen LogP contribution in [0.2, 0.25) is 10.0 Å². The van der Waals surface area contributed by atoms with Crippen molar-refractivity contribution in [1.82, 2.24) is 0 Å². The first-order valence-corrected chi connectivity index (χ1v) is 13.7. The number of hydrogen-bond donors (Lipinski definition) is 1. The molecule has 2 aromatic rings. The highest BCUT2D eigenvalue weighted by atomic mass is 35.5. The fraction of sp³-hybridized carbons (Fsp3) is 0.520. The van der Waals surface area contributed by atoms with Crippen LogP contribution in [0.1, 0.15) is 51.4 Å². The molecule has 0 heterocycles. The van der Waals surface area contributed by atoms with Crippen LogP contribution in [0.4, 0.5) is 5.69 Å². The highest BCUT2D eigenvalue weighted by Gasteiger charge is 2.43. The zero-order valence-electron chi connectivity index (χ0n) is 19.5. The molecule has 4 nitrogen and oxygen atoms in total. The Hall–Kier alpha value is -1.03. The van der Waals surface area contributed by atoms with Crippen LogP contribution < -0.4 is 10.2 Å². The van der Waals surface area contributed by atoms with E-state index in [9.17, 15) is 9.67 Å². The molecule has 0 saturated heterocycles. The molecule has 2 aromatic carbocycles. The minimum atomic E-state index is -3.74. The first kappa shape index (κ1) is 25.6. The molecule has 1 N–H and O–H groups in total. The van der Waals surface area contributed by atoms with Crippen molar-refractivity contribution in [2.75, 3.05) is 19.0 Å². The van der Waals surface area contributed by atoms with Crippen molar-refractivity contribution in [3.05, 3.63) is 58.1 Å². The van der Waals surface area contributed by atoms with Crippen LogP contribution in [0, 0.1) is 17.8 Å². The van der Waals surface area contributed by atoms with Gasteiger partial charge in [0.05, 0.1) is 6.10 Å². The lowest BCUT2D eigenvalue weighted by molar-refractivity contribution is 0.0427. The Morgan fingerprint density at radius 1 is 1.09 bits per heavy atom. The molecule has 3 rings (SSSR count). The average molecular weight is 498 g/mol. The molecule has 0 aromatic heterocycles. The van der Waals surface area contributed by atoms with E-state index in [-0.39, 0.29) is 17.0 Å². The van der Waals surface area contributed by atoms with Gasteiger partial charge in [-0.15, -0.1) is 0 Å². The van der Waals surface area contributed by atoms with E-state index in [4.69, 9.17) is 27.7 Å². The van der Waals surface area contributed by atoms with Gasteiger partial charge in [0.1, 0.15) is 0 Å². The average Bonchev–Trinajstić information content (AvgIpc) is 2.73. The number of hydrogen-bond acceptors (Lipinski definition) is 4. The van der Waals surface area contributed by atoms with E-state index in [0.717, 1.165) is 24.9 Å². The van der Waals surface area contributed by atoms with Crippen LogP contribution in [0.15, 0.2) is 42.5 Å². The van der Waals surface area contributed by atoms with E-state index in [1.165, 1.54) is 0 Å². The minimum Gasteiger partial charge on any atom is -0.378 e. The number of rotatable bonds is 7. The van der Waals surface area contributed by atoms with Gasteiger partial charge in [0, 0.05) is 40.7 Å². The third kappa shape index (κ3) is 5.54. The van der Waals surface area contributed by atoms with Crippen LogP contribution in [-0.4, -0.2) is 25.3 Å². The van der Waals surface area contributed by atoms with E-state index in [0.29, 0.717) is 27.7 Å². The Labute approximate surface area is 202 Å². The SMILES string of the molecule is CC(C)[C@H]1CC[C@@H](C)C[C@H]1O[P@](=O)(c1ccc(N(C)C)cc1)[C@H](O)c1ccc(Cl)cc1Cl. The predicted molar refractivity (Wildman–Crippen MR) is 136 cm³/mol. The zero-order valence-corrected chi connectivity index (χ0v) is 21.9. The predicted octanol–water partition coefficient (Wildman–Crippen LogP) is 7.13. The summed E-state index contributed by atoms with van der Waals surface area (Å²) in [5, 5.41) is 12.7. The Bertz CT molecular complexity index is 964. The summed E-state index contributed by atoms with van der Waals surface area (Å²) in [7, 11) is 0.158. The number of aliphatic hydroxyl groups is 1. The van der Waals surface area contributed by atoms with Gasteiger partial charge in [0.25, 0.3) is 7.37 Å². The lowest BCUT2D eigenvalue weighted by Gasteiger charge is -2.40. The standard InChI is InChI=1S/C25H34Cl2NO3P/c1-16(2)21-12-6-17(3)14-24(21)31-32(30,20-10-8-19(9-11-20)28(4)5)25(29)22-13-7-18(26)15-23(22)27/h7-11,13,15-17,21,24-25,29H,6,12,14H2,1-5H3/t17-,21-,24-,25+,32-/m1/s1. The smallest absolute Gasteiger partial charge is 0.264 e. The van der Waals surface area contributed by atoms with Gasteiger partial charge in [0.15, 0.2) is 5.85 Å². The van der Waals surface area contributed by atoms with Crippen LogP contribution >= 0.6 is 30.6 Å². The molecule has 1 saturated carbocycles. The summed E-state index contributed by atoms with van der Waals surface area (Å²) in [5.74, 6) is -0.222. The summed E-state index contributed by atoms with van der Waals surface area (Å²) in [5.41, 5.74) is 1.34. The number of nitrogens with zero attached hydrogens (tertiary/aromatic N) is 1. The Kier molecular flexibility index (Phi) is 8.39. The van der Waals surface area contributed by atoms with Gasteiger partial charge >= 0.3 is 0 Å². The van der Waals surface area contributed by atoms with E-state index in [1.54, 1.807) is 30.3 Å². The molecule has 0 spiro atoms. The molecule has 0 bridgehead atoms. The summed E-state index contributed by atoms with van der Waals surface area (Å²) in [6.45, 7) is 6.57. The van der Waals surface area contributed by atoms with Gasteiger partial charge in [0.2, 0.25) is 0 Å². The summed E-state index contributed by atoms with van der Waals surface area (Å²) in [6, 6.07) is 12.2. The van der Waals surface area contributed by atoms with Gasteiger partial charge in [-0.1, -0.05) is 56.5 Å². The molecule has 1 aliphatic carbocycles. The van der Waals surface area contributed by atoms with Gasteiger partial charge in [-0.2, -0.15) is 0 Å². The Balaban J connectivity index is 2.06. The van der Waals surface area contributed by atoms with Crippen molar-refractivity contribution in [2.45, 2.75) is 52.0 Å². The van der Waals surface area contributed by atoms with Crippen LogP contribution in [0.25, 0.3) is 0 Å². The Morgan fingerprint density at radius 3 is 2.31 bits per heavy atom. The summed E-state index contributed by atoms with van der Waals surface area (Å²) in [4.78, 5) is 1.97.